The Bertz CT molecular complexity index is 864. The van der Waals surface area contributed by atoms with Crippen LogP contribution in [-0.4, -0.2) is 20.6 Å². The second-order valence-electron chi connectivity index (χ2n) is 6.56. The van der Waals surface area contributed by atoms with Crippen LogP contribution in [0.1, 0.15) is 50.0 Å². The molecule has 2 aromatic rings. The summed E-state index contributed by atoms with van der Waals surface area (Å²) in [7, 11) is 0. The van der Waals surface area contributed by atoms with E-state index in [1.54, 1.807) is 22.0 Å². The van der Waals surface area contributed by atoms with Gasteiger partial charge in [-0.1, -0.05) is 24.3 Å². The summed E-state index contributed by atoms with van der Waals surface area (Å²) in [5.41, 5.74) is 1.18. The Labute approximate surface area is 149 Å². The SMILES string of the molecule is C=CCn1c(SC2CCCCC2=O)nc2scc(C3CC3)c2c1=O. The summed E-state index contributed by atoms with van der Waals surface area (Å²) in [5.74, 6) is 0.819. The molecule has 0 aromatic carbocycles. The van der Waals surface area contributed by atoms with Gasteiger partial charge in [-0.25, -0.2) is 4.98 Å². The second kappa shape index (κ2) is 6.48. The van der Waals surface area contributed by atoms with Gasteiger partial charge in [-0.2, -0.15) is 0 Å². The van der Waals surface area contributed by atoms with Crippen LogP contribution in [0.2, 0.25) is 0 Å². The first kappa shape index (κ1) is 16.1. The fourth-order valence-electron chi connectivity index (χ4n) is 3.30. The topological polar surface area (TPSA) is 52.0 Å². The summed E-state index contributed by atoms with van der Waals surface area (Å²) in [5, 5.41) is 3.47. The highest BCUT2D eigenvalue weighted by molar-refractivity contribution is 8.00. The van der Waals surface area contributed by atoms with Gasteiger partial charge < -0.3 is 0 Å². The van der Waals surface area contributed by atoms with Gasteiger partial charge in [0.15, 0.2) is 5.16 Å². The molecular weight excluding hydrogens is 340 g/mol. The molecule has 24 heavy (non-hydrogen) atoms. The molecule has 0 amide bonds. The maximum atomic E-state index is 13.1. The second-order valence-corrected chi connectivity index (χ2v) is 8.59. The lowest BCUT2D eigenvalue weighted by atomic mass is 9.99. The van der Waals surface area contributed by atoms with E-state index in [1.165, 1.54) is 24.6 Å². The lowest BCUT2D eigenvalue weighted by Gasteiger charge is -2.20. The zero-order chi connectivity index (χ0) is 16.7. The number of carbonyl (C=O) groups excluding carboxylic acids is 1. The Morgan fingerprint density at radius 1 is 1.33 bits per heavy atom. The van der Waals surface area contributed by atoms with Crippen molar-refractivity contribution in [2.24, 2.45) is 0 Å². The van der Waals surface area contributed by atoms with Crippen LogP contribution < -0.4 is 5.56 Å². The average Bonchev–Trinajstić information content (AvgIpc) is 3.33. The number of hydrogen-bond donors (Lipinski definition) is 0. The van der Waals surface area contributed by atoms with E-state index in [1.807, 2.05) is 0 Å². The number of thiophene rings is 1. The van der Waals surface area contributed by atoms with Crippen LogP contribution >= 0.6 is 23.1 Å². The summed E-state index contributed by atoms with van der Waals surface area (Å²) in [6.45, 7) is 4.21. The molecule has 1 unspecified atom stereocenters. The Kier molecular flexibility index (Phi) is 4.35. The van der Waals surface area contributed by atoms with E-state index in [9.17, 15) is 9.59 Å². The molecule has 0 saturated heterocycles. The molecule has 2 aliphatic carbocycles. The van der Waals surface area contributed by atoms with E-state index in [2.05, 4.69) is 12.0 Å². The molecule has 0 radical (unpaired) electrons. The number of Topliss-reactive ketones (excluding diaryl/α,β-unsaturated/α-hetero) is 1. The third-order valence-electron chi connectivity index (χ3n) is 4.76. The monoisotopic (exact) mass is 360 g/mol. The summed E-state index contributed by atoms with van der Waals surface area (Å²) < 4.78 is 1.69. The predicted molar refractivity (Wildman–Crippen MR) is 99.2 cm³/mol. The first-order valence-corrected chi connectivity index (χ1v) is 10.3. The van der Waals surface area contributed by atoms with Crippen molar-refractivity contribution >= 4 is 39.1 Å². The minimum absolute atomic E-state index is 0.0220. The molecule has 2 heterocycles. The molecule has 2 aromatic heterocycles. The highest BCUT2D eigenvalue weighted by atomic mass is 32.2. The van der Waals surface area contributed by atoms with Crippen molar-refractivity contribution < 1.29 is 4.79 Å². The van der Waals surface area contributed by atoms with Gasteiger partial charge in [0, 0.05) is 13.0 Å². The van der Waals surface area contributed by atoms with Gasteiger partial charge in [0.25, 0.3) is 5.56 Å². The van der Waals surface area contributed by atoms with Crippen molar-refractivity contribution in [2.45, 2.75) is 61.4 Å². The molecule has 0 spiro atoms. The summed E-state index contributed by atoms with van der Waals surface area (Å²) in [6.07, 6.45) is 7.64. The normalized spacial score (nSPS) is 21.3. The zero-order valence-corrected chi connectivity index (χ0v) is 15.1. The maximum Gasteiger partial charge on any atom is 0.263 e. The van der Waals surface area contributed by atoms with Crippen molar-refractivity contribution in [3.05, 3.63) is 34.0 Å². The lowest BCUT2D eigenvalue weighted by Crippen LogP contribution is -2.26. The predicted octanol–water partition coefficient (Wildman–Crippen LogP) is 4.13. The Balaban J connectivity index is 1.79. The smallest absolute Gasteiger partial charge is 0.263 e. The summed E-state index contributed by atoms with van der Waals surface area (Å²) in [6, 6.07) is 0. The fourth-order valence-corrected chi connectivity index (χ4v) is 5.59. The largest absolute Gasteiger partial charge is 0.298 e. The number of rotatable bonds is 5. The van der Waals surface area contributed by atoms with Crippen LogP contribution in [0, 0.1) is 0 Å². The van der Waals surface area contributed by atoms with Gasteiger partial charge in [0.2, 0.25) is 0 Å². The van der Waals surface area contributed by atoms with Crippen molar-refractivity contribution in [1.29, 1.82) is 0 Å². The molecule has 2 fully saturated rings. The van der Waals surface area contributed by atoms with Crippen LogP contribution in [0.25, 0.3) is 10.2 Å². The number of thioether (sulfide) groups is 1. The number of ketones is 1. The molecule has 4 rings (SSSR count). The van der Waals surface area contributed by atoms with Gasteiger partial charge in [0.05, 0.1) is 10.6 Å². The van der Waals surface area contributed by atoms with Gasteiger partial charge >= 0.3 is 0 Å². The number of hydrogen-bond acceptors (Lipinski definition) is 5. The van der Waals surface area contributed by atoms with Crippen molar-refractivity contribution in [3.63, 3.8) is 0 Å². The first-order chi connectivity index (χ1) is 11.7. The number of allylic oxidation sites excluding steroid dienone is 1. The van der Waals surface area contributed by atoms with Gasteiger partial charge in [0.1, 0.15) is 10.6 Å². The quantitative estimate of drug-likeness (QED) is 0.594. The van der Waals surface area contributed by atoms with E-state index in [0.29, 0.717) is 24.0 Å². The first-order valence-electron chi connectivity index (χ1n) is 8.51. The molecular formula is C18H20N2O2S2. The van der Waals surface area contributed by atoms with E-state index in [-0.39, 0.29) is 16.6 Å². The summed E-state index contributed by atoms with van der Waals surface area (Å²) >= 11 is 3.01. The van der Waals surface area contributed by atoms with Gasteiger partial charge in [-0.05, 0) is 42.5 Å². The Hall–Kier alpha value is -1.40. The Morgan fingerprint density at radius 3 is 2.88 bits per heavy atom. The minimum Gasteiger partial charge on any atom is -0.298 e. The van der Waals surface area contributed by atoms with Crippen LogP contribution in [0.15, 0.2) is 28.0 Å². The zero-order valence-electron chi connectivity index (χ0n) is 13.5. The van der Waals surface area contributed by atoms with Crippen LogP contribution in [0.5, 0.6) is 0 Å². The van der Waals surface area contributed by atoms with E-state index < -0.39 is 0 Å². The third kappa shape index (κ3) is 2.86. The van der Waals surface area contributed by atoms with E-state index in [4.69, 9.17) is 4.98 Å². The van der Waals surface area contributed by atoms with Crippen molar-refractivity contribution in [3.8, 4) is 0 Å². The minimum atomic E-state index is -0.0676. The molecule has 2 saturated carbocycles. The van der Waals surface area contributed by atoms with Gasteiger partial charge in [-0.15, -0.1) is 17.9 Å². The highest BCUT2D eigenvalue weighted by Gasteiger charge is 2.30. The van der Waals surface area contributed by atoms with E-state index in [0.717, 1.165) is 35.0 Å². The molecule has 2 aliphatic rings. The number of aromatic nitrogens is 2. The molecule has 0 N–H and O–H groups in total. The van der Waals surface area contributed by atoms with Crippen molar-refractivity contribution in [1.82, 2.24) is 9.55 Å². The summed E-state index contributed by atoms with van der Waals surface area (Å²) in [4.78, 5) is 30.8. The molecule has 126 valence electrons. The van der Waals surface area contributed by atoms with E-state index >= 15 is 0 Å². The van der Waals surface area contributed by atoms with Crippen LogP contribution in [-0.2, 0) is 11.3 Å². The van der Waals surface area contributed by atoms with Crippen LogP contribution in [0.4, 0.5) is 0 Å². The maximum absolute atomic E-state index is 13.1. The van der Waals surface area contributed by atoms with Gasteiger partial charge in [-0.3, -0.25) is 14.2 Å². The number of carbonyl (C=O) groups is 1. The van der Waals surface area contributed by atoms with Crippen LogP contribution in [0.3, 0.4) is 0 Å². The lowest BCUT2D eigenvalue weighted by molar-refractivity contribution is -0.119. The Morgan fingerprint density at radius 2 is 2.17 bits per heavy atom. The molecule has 1 atom stereocenters. The fraction of sp³-hybridized carbons (Fsp3) is 0.500. The number of fused-ring (bicyclic) bond motifs is 1. The number of nitrogens with zero attached hydrogens (tertiary/aromatic N) is 2. The molecule has 6 heteroatoms. The third-order valence-corrected chi connectivity index (χ3v) is 6.96. The average molecular weight is 361 g/mol. The molecule has 4 nitrogen and oxygen atoms in total. The molecule has 0 bridgehead atoms. The van der Waals surface area contributed by atoms with Crippen molar-refractivity contribution in [2.75, 3.05) is 0 Å². The highest BCUT2D eigenvalue weighted by Crippen LogP contribution is 2.44. The molecule has 0 aliphatic heterocycles. The standard InChI is InChI=1S/C18H20N2O2S2/c1-2-9-20-17(22)15-12(11-7-8-11)10-23-16(15)19-18(20)24-14-6-4-3-5-13(14)21/h2,10-11,14H,1,3-9H2.